The summed E-state index contributed by atoms with van der Waals surface area (Å²) in [7, 11) is 0. The Labute approximate surface area is 175 Å². The van der Waals surface area contributed by atoms with Crippen molar-refractivity contribution in [2.24, 2.45) is 0 Å². The van der Waals surface area contributed by atoms with Crippen LogP contribution in [0.4, 0.5) is 0 Å². The van der Waals surface area contributed by atoms with Crippen LogP contribution in [0.15, 0.2) is 64.4 Å². The molecule has 7 heteroatoms. The minimum absolute atomic E-state index is 0.0154. The van der Waals surface area contributed by atoms with Crippen molar-refractivity contribution in [1.82, 2.24) is 14.5 Å². The van der Waals surface area contributed by atoms with Crippen molar-refractivity contribution in [1.29, 1.82) is 0 Å². The molecule has 3 heterocycles. The Hall–Kier alpha value is -2.22. The highest BCUT2D eigenvalue weighted by molar-refractivity contribution is 7.98. The van der Waals surface area contributed by atoms with E-state index in [0.717, 1.165) is 32.4 Å². The highest BCUT2D eigenvalue weighted by Crippen LogP contribution is 2.32. The number of benzene rings is 1. The SMILES string of the molecule is C=CCn1c(SCc2csc(CC)n2)nc2sc(-c3ccccc3)cc2c1=O. The second kappa shape index (κ2) is 8.43. The molecule has 4 nitrogen and oxygen atoms in total. The van der Waals surface area contributed by atoms with Crippen LogP contribution in [0.1, 0.15) is 17.6 Å². The van der Waals surface area contributed by atoms with Crippen molar-refractivity contribution in [2.45, 2.75) is 30.8 Å². The normalized spacial score (nSPS) is 11.2. The molecule has 0 bridgehead atoms. The molecule has 0 unspecified atom stereocenters. The second-order valence-electron chi connectivity index (χ2n) is 6.17. The molecular weight excluding hydrogens is 406 g/mol. The van der Waals surface area contributed by atoms with Gasteiger partial charge in [0.05, 0.1) is 16.1 Å². The summed E-state index contributed by atoms with van der Waals surface area (Å²) in [5.74, 6) is 0.697. The fourth-order valence-corrected chi connectivity index (χ4v) is 5.69. The van der Waals surface area contributed by atoms with Crippen LogP contribution in [0.5, 0.6) is 0 Å². The lowest BCUT2D eigenvalue weighted by atomic mass is 10.2. The Morgan fingerprint density at radius 3 is 2.79 bits per heavy atom. The molecule has 0 amide bonds. The lowest BCUT2D eigenvalue weighted by Crippen LogP contribution is -2.22. The highest BCUT2D eigenvalue weighted by Gasteiger charge is 2.15. The third-order valence-electron chi connectivity index (χ3n) is 4.24. The van der Waals surface area contributed by atoms with Crippen molar-refractivity contribution >= 4 is 44.7 Å². The van der Waals surface area contributed by atoms with Gasteiger partial charge in [-0.05, 0) is 18.1 Å². The molecule has 1 aromatic carbocycles. The Morgan fingerprint density at radius 2 is 2.07 bits per heavy atom. The summed E-state index contributed by atoms with van der Waals surface area (Å²) in [6.07, 6.45) is 2.68. The van der Waals surface area contributed by atoms with E-state index in [1.807, 2.05) is 24.3 Å². The first-order valence-corrected chi connectivity index (χ1v) is 11.6. The first kappa shape index (κ1) is 19.1. The molecule has 4 rings (SSSR count). The van der Waals surface area contributed by atoms with Crippen LogP contribution in [0.3, 0.4) is 0 Å². The number of fused-ring (bicyclic) bond motifs is 1. The minimum Gasteiger partial charge on any atom is -0.283 e. The summed E-state index contributed by atoms with van der Waals surface area (Å²) >= 11 is 4.79. The molecule has 142 valence electrons. The molecule has 0 radical (unpaired) electrons. The zero-order chi connectivity index (χ0) is 19.5. The van der Waals surface area contributed by atoms with E-state index in [0.29, 0.717) is 22.8 Å². The summed E-state index contributed by atoms with van der Waals surface area (Å²) in [4.78, 5) is 24.4. The summed E-state index contributed by atoms with van der Waals surface area (Å²) in [6.45, 7) is 6.35. The maximum absolute atomic E-state index is 13.1. The van der Waals surface area contributed by atoms with E-state index in [1.165, 1.54) is 0 Å². The van der Waals surface area contributed by atoms with Crippen LogP contribution in [0.2, 0.25) is 0 Å². The molecule has 0 aliphatic rings. The maximum Gasteiger partial charge on any atom is 0.263 e. The lowest BCUT2D eigenvalue weighted by Gasteiger charge is -2.09. The summed E-state index contributed by atoms with van der Waals surface area (Å²) in [5, 5.41) is 4.59. The van der Waals surface area contributed by atoms with Gasteiger partial charge in [0.15, 0.2) is 5.16 Å². The number of hydrogen-bond donors (Lipinski definition) is 0. The number of thioether (sulfide) groups is 1. The average Bonchev–Trinajstić information content (AvgIpc) is 3.36. The van der Waals surface area contributed by atoms with Gasteiger partial charge in [-0.25, -0.2) is 9.97 Å². The summed E-state index contributed by atoms with van der Waals surface area (Å²) in [6, 6.07) is 12.0. The van der Waals surface area contributed by atoms with Gasteiger partial charge in [0, 0.05) is 22.6 Å². The Morgan fingerprint density at radius 1 is 1.25 bits per heavy atom. The van der Waals surface area contributed by atoms with Gasteiger partial charge in [-0.1, -0.05) is 55.1 Å². The zero-order valence-electron chi connectivity index (χ0n) is 15.4. The zero-order valence-corrected chi connectivity index (χ0v) is 17.9. The van der Waals surface area contributed by atoms with E-state index >= 15 is 0 Å². The maximum atomic E-state index is 13.1. The average molecular weight is 426 g/mol. The van der Waals surface area contributed by atoms with Gasteiger partial charge >= 0.3 is 0 Å². The van der Waals surface area contributed by atoms with Crippen molar-refractivity contribution in [3.63, 3.8) is 0 Å². The molecule has 0 saturated carbocycles. The largest absolute Gasteiger partial charge is 0.283 e. The van der Waals surface area contributed by atoms with E-state index in [4.69, 9.17) is 4.98 Å². The molecule has 4 aromatic rings. The van der Waals surface area contributed by atoms with Gasteiger partial charge in [-0.2, -0.15) is 0 Å². The molecule has 0 saturated heterocycles. The number of allylic oxidation sites excluding steroid dienone is 1. The van der Waals surface area contributed by atoms with Crippen molar-refractivity contribution < 1.29 is 0 Å². The lowest BCUT2D eigenvalue weighted by molar-refractivity contribution is 0.672. The predicted octanol–water partition coefficient (Wildman–Crippen LogP) is 5.62. The Bertz CT molecular complexity index is 1170. The Kier molecular flexibility index (Phi) is 5.75. The molecule has 3 aromatic heterocycles. The van der Waals surface area contributed by atoms with Gasteiger partial charge in [-0.3, -0.25) is 9.36 Å². The van der Waals surface area contributed by atoms with Crippen LogP contribution in [-0.4, -0.2) is 14.5 Å². The fraction of sp³-hybridized carbons (Fsp3) is 0.190. The van der Waals surface area contributed by atoms with Crippen LogP contribution >= 0.6 is 34.4 Å². The number of aryl methyl sites for hydroxylation is 1. The molecule has 28 heavy (non-hydrogen) atoms. The fourth-order valence-electron chi connectivity index (χ4n) is 2.86. The minimum atomic E-state index is -0.0154. The van der Waals surface area contributed by atoms with Crippen molar-refractivity contribution in [3.05, 3.63) is 75.5 Å². The predicted molar refractivity (Wildman–Crippen MR) is 121 cm³/mol. The molecule has 0 spiro atoms. The molecular formula is C21H19N3OS3. The number of rotatable bonds is 7. The number of hydrogen-bond acceptors (Lipinski definition) is 6. The van der Waals surface area contributed by atoms with E-state index in [1.54, 1.807) is 45.1 Å². The molecule has 0 fully saturated rings. The highest BCUT2D eigenvalue weighted by atomic mass is 32.2. The van der Waals surface area contributed by atoms with Crippen LogP contribution in [0, 0.1) is 0 Å². The van der Waals surface area contributed by atoms with Gasteiger partial charge < -0.3 is 0 Å². The second-order valence-corrected chi connectivity index (χ2v) is 9.08. The Balaban J connectivity index is 1.73. The third kappa shape index (κ3) is 3.83. The van der Waals surface area contributed by atoms with Crippen LogP contribution in [0.25, 0.3) is 20.7 Å². The van der Waals surface area contributed by atoms with E-state index < -0.39 is 0 Å². The van der Waals surface area contributed by atoms with Gasteiger partial charge in [-0.15, -0.1) is 29.3 Å². The van der Waals surface area contributed by atoms with Crippen LogP contribution in [-0.2, 0) is 18.7 Å². The van der Waals surface area contributed by atoms with E-state index in [2.05, 4.69) is 36.0 Å². The quantitative estimate of drug-likeness (QED) is 0.219. The number of thiazole rings is 1. The van der Waals surface area contributed by atoms with Gasteiger partial charge in [0.1, 0.15) is 4.83 Å². The number of nitrogens with zero attached hydrogens (tertiary/aromatic N) is 3. The van der Waals surface area contributed by atoms with Gasteiger partial charge in [0.2, 0.25) is 0 Å². The molecule has 0 N–H and O–H groups in total. The third-order valence-corrected chi connectivity index (χ3v) is 7.37. The first-order chi connectivity index (χ1) is 13.7. The smallest absolute Gasteiger partial charge is 0.263 e. The van der Waals surface area contributed by atoms with Gasteiger partial charge in [0.25, 0.3) is 5.56 Å². The first-order valence-electron chi connectivity index (χ1n) is 8.96. The summed E-state index contributed by atoms with van der Waals surface area (Å²) in [5.41, 5.74) is 2.12. The van der Waals surface area contributed by atoms with Crippen molar-refractivity contribution in [2.75, 3.05) is 0 Å². The topological polar surface area (TPSA) is 47.8 Å². The summed E-state index contributed by atoms with van der Waals surface area (Å²) < 4.78 is 1.70. The van der Waals surface area contributed by atoms with E-state index in [-0.39, 0.29) is 5.56 Å². The molecule has 0 aliphatic heterocycles. The standard InChI is InChI=1S/C21H19N3OS3/c1-3-10-24-20(25)16-11-17(14-8-6-5-7-9-14)28-19(16)23-21(24)27-13-15-12-26-18(4-2)22-15/h3,5-9,11-12H,1,4,10,13H2,2H3. The monoisotopic (exact) mass is 425 g/mol. The van der Waals surface area contributed by atoms with E-state index in [9.17, 15) is 4.79 Å². The molecule has 0 aliphatic carbocycles. The van der Waals surface area contributed by atoms with Crippen LogP contribution < -0.4 is 5.56 Å². The number of thiophene rings is 1. The van der Waals surface area contributed by atoms with Crippen molar-refractivity contribution in [3.8, 4) is 10.4 Å². The number of aromatic nitrogens is 3. The molecule has 0 atom stereocenters.